The molecule has 7 heteroatoms. The quantitative estimate of drug-likeness (QED) is 0.714. The van der Waals surface area contributed by atoms with E-state index in [1.54, 1.807) is 12.1 Å². The van der Waals surface area contributed by atoms with E-state index in [-0.39, 0.29) is 0 Å². The van der Waals surface area contributed by atoms with E-state index in [2.05, 4.69) is 10.1 Å². The van der Waals surface area contributed by atoms with Gasteiger partial charge in [0, 0.05) is 5.56 Å². The molecule has 19 heavy (non-hydrogen) atoms. The monoisotopic (exact) mass is 311 g/mol. The number of nitrogens with two attached hydrogens (primary N) is 1. The van der Waals surface area contributed by atoms with Crippen molar-refractivity contribution in [3.05, 3.63) is 39.7 Å². The molecule has 0 amide bonds. The highest BCUT2D eigenvalue weighted by Crippen LogP contribution is 2.33. The van der Waals surface area contributed by atoms with Crippen LogP contribution in [0.4, 0.5) is 5.69 Å². The highest BCUT2D eigenvalue weighted by molar-refractivity contribution is 7.13. The number of nitrogens with zero attached hydrogens (tertiary/aromatic N) is 2. The number of hydrogen-bond acceptors (Lipinski definition) is 5. The van der Waals surface area contributed by atoms with Crippen LogP contribution in [0.1, 0.15) is 0 Å². The van der Waals surface area contributed by atoms with Gasteiger partial charge in [-0.25, -0.2) is 0 Å². The van der Waals surface area contributed by atoms with Gasteiger partial charge in [0.05, 0.1) is 20.6 Å². The molecule has 2 N–H and O–H groups in total. The maximum atomic E-state index is 5.98. The number of thiophene rings is 1. The van der Waals surface area contributed by atoms with Crippen molar-refractivity contribution in [1.29, 1.82) is 0 Å². The predicted molar refractivity (Wildman–Crippen MR) is 77.5 cm³/mol. The van der Waals surface area contributed by atoms with E-state index in [0.717, 1.165) is 4.88 Å². The van der Waals surface area contributed by atoms with Crippen LogP contribution in [0.5, 0.6) is 0 Å². The lowest BCUT2D eigenvalue weighted by molar-refractivity contribution is 0.432. The fourth-order valence-electron chi connectivity index (χ4n) is 1.55. The minimum Gasteiger partial charge on any atom is -0.396 e. The Morgan fingerprint density at radius 2 is 1.95 bits per heavy atom. The van der Waals surface area contributed by atoms with Crippen LogP contribution in [-0.2, 0) is 0 Å². The topological polar surface area (TPSA) is 64.9 Å². The molecule has 2 aromatic heterocycles. The van der Waals surface area contributed by atoms with Gasteiger partial charge in [-0.3, -0.25) is 0 Å². The van der Waals surface area contributed by atoms with Crippen LogP contribution in [0.2, 0.25) is 10.0 Å². The van der Waals surface area contributed by atoms with Gasteiger partial charge >= 0.3 is 0 Å². The van der Waals surface area contributed by atoms with Crippen LogP contribution in [0.15, 0.2) is 34.2 Å². The van der Waals surface area contributed by atoms with Crippen molar-refractivity contribution in [2.75, 3.05) is 5.73 Å². The second-order valence-corrected chi connectivity index (χ2v) is 5.52. The SMILES string of the molecule is Nc1c(Cl)cc(-c2nc(-c3cccs3)no2)cc1Cl. The lowest BCUT2D eigenvalue weighted by Crippen LogP contribution is -1.89. The van der Waals surface area contributed by atoms with Crippen LogP contribution in [0.25, 0.3) is 22.2 Å². The van der Waals surface area contributed by atoms with Gasteiger partial charge in [-0.2, -0.15) is 4.98 Å². The average molecular weight is 312 g/mol. The largest absolute Gasteiger partial charge is 0.396 e. The van der Waals surface area contributed by atoms with Crippen molar-refractivity contribution < 1.29 is 4.52 Å². The molecule has 0 bridgehead atoms. The molecular weight excluding hydrogens is 305 g/mol. The molecule has 0 radical (unpaired) electrons. The Hall–Kier alpha value is -1.56. The molecule has 0 atom stereocenters. The smallest absolute Gasteiger partial charge is 0.258 e. The summed E-state index contributed by atoms with van der Waals surface area (Å²) >= 11 is 13.5. The minimum absolute atomic E-state index is 0.338. The molecule has 2 heterocycles. The van der Waals surface area contributed by atoms with Gasteiger partial charge in [0.2, 0.25) is 5.82 Å². The van der Waals surface area contributed by atoms with Gasteiger partial charge in [-0.05, 0) is 23.6 Å². The molecule has 0 fully saturated rings. The lowest BCUT2D eigenvalue weighted by atomic mass is 10.2. The van der Waals surface area contributed by atoms with Crippen molar-refractivity contribution in [3.8, 4) is 22.2 Å². The minimum atomic E-state index is 0.338. The second-order valence-electron chi connectivity index (χ2n) is 3.75. The summed E-state index contributed by atoms with van der Waals surface area (Å²) in [7, 11) is 0. The van der Waals surface area contributed by atoms with E-state index in [0.29, 0.717) is 33.0 Å². The average Bonchev–Trinajstić information content (AvgIpc) is 3.05. The Morgan fingerprint density at radius 1 is 1.21 bits per heavy atom. The Labute approximate surface area is 122 Å². The van der Waals surface area contributed by atoms with Gasteiger partial charge in [-0.1, -0.05) is 34.4 Å². The first kappa shape index (κ1) is 12.5. The van der Waals surface area contributed by atoms with Gasteiger partial charge < -0.3 is 10.3 Å². The third kappa shape index (κ3) is 2.32. The van der Waals surface area contributed by atoms with E-state index >= 15 is 0 Å². The maximum absolute atomic E-state index is 5.98. The lowest BCUT2D eigenvalue weighted by Gasteiger charge is -2.02. The number of rotatable bonds is 2. The maximum Gasteiger partial charge on any atom is 0.258 e. The first-order valence-corrected chi connectivity index (χ1v) is 6.91. The number of hydrogen-bond donors (Lipinski definition) is 1. The summed E-state index contributed by atoms with van der Waals surface area (Å²) in [5, 5.41) is 6.59. The highest BCUT2D eigenvalue weighted by atomic mass is 35.5. The molecule has 0 aliphatic rings. The number of halogens is 2. The molecule has 3 aromatic rings. The Kier molecular flexibility index (Phi) is 3.18. The summed E-state index contributed by atoms with van der Waals surface area (Å²) in [5.41, 5.74) is 6.66. The molecule has 4 nitrogen and oxygen atoms in total. The summed E-state index contributed by atoms with van der Waals surface area (Å²) in [4.78, 5) is 5.24. The molecule has 1 aromatic carbocycles. The van der Waals surface area contributed by atoms with Crippen molar-refractivity contribution >= 4 is 40.2 Å². The van der Waals surface area contributed by atoms with E-state index < -0.39 is 0 Å². The van der Waals surface area contributed by atoms with Crippen LogP contribution in [-0.4, -0.2) is 10.1 Å². The summed E-state index contributed by atoms with van der Waals surface area (Å²) in [6, 6.07) is 7.14. The highest BCUT2D eigenvalue weighted by Gasteiger charge is 2.14. The molecule has 0 saturated heterocycles. The number of nitrogen functional groups attached to an aromatic ring is 1. The third-order valence-electron chi connectivity index (χ3n) is 2.49. The van der Waals surface area contributed by atoms with Crippen molar-refractivity contribution in [2.24, 2.45) is 0 Å². The Bertz CT molecular complexity index is 701. The van der Waals surface area contributed by atoms with Gasteiger partial charge in [0.1, 0.15) is 0 Å². The standard InChI is InChI=1S/C12H7Cl2N3OS/c13-7-4-6(5-8(14)10(7)15)12-16-11(17-18-12)9-2-1-3-19-9/h1-5H,15H2. The van der Waals surface area contributed by atoms with Crippen molar-refractivity contribution in [2.45, 2.75) is 0 Å². The zero-order chi connectivity index (χ0) is 13.4. The predicted octanol–water partition coefficient (Wildman–Crippen LogP) is 4.35. The van der Waals surface area contributed by atoms with Crippen LogP contribution in [0.3, 0.4) is 0 Å². The summed E-state index contributed by atoms with van der Waals surface area (Å²) < 4.78 is 5.21. The van der Waals surface area contributed by atoms with Crippen molar-refractivity contribution in [1.82, 2.24) is 10.1 Å². The number of benzene rings is 1. The molecule has 0 aliphatic heterocycles. The van der Waals surface area contributed by atoms with Crippen LogP contribution in [0, 0.1) is 0 Å². The molecule has 96 valence electrons. The molecule has 0 unspecified atom stereocenters. The molecule has 3 rings (SSSR count). The Morgan fingerprint density at radius 3 is 2.58 bits per heavy atom. The summed E-state index contributed by atoms with van der Waals surface area (Å²) in [6.07, 6.45) is 0. The van der Waals surface area contributed by atoms with Crippen molar-refractivity contribution in [3.63, 3.8) is 0 Å². The Balaban J connectivity index is 2.04. The zero-order valence-electron chi connectivity index (χ0n) is 9.43. The molecule has 0 spiro atoms. The third-order valence-corrected chi connectivity index (χ3v) is 3.98. The normalized spacial score (nSPS) is 10.8. The van der Waals surface area contributed by atoms with Crippen LogP contribution >= 0.6 is 34.5 Å². The summed E-state index contributed by atoms with van der Waals surface area (Å²) in [5.74, 6) is 0.890. The zero-order valence-corrected chi connectivity index (χ0v) is 11.8. The van der Waals surface area contributed by atoms with E-state index in [9.17, 15) is 0 Å². The first-order valence-electron chi connectivity index (χ1n) is 5.27. The fourth-order valence-corrected chi connectivity index (χ4v) is 2.69. The molecule has 0 aliphatic carbocycles. The fraction of sp³-hybridized carbons (Fsp3) is 0. The van der Waals surface area contributed by atoms with E-state index in [1.807, 2.05) is 17.5 Å². The first-order chi connectivity index (χ1) is 9.15. The number of aromatic nitrogens is 2. The van der Waals surface area contributed by atoms with Gasteiger partial charge in [0.25, 0.3) is 5.89 Å². The van der Waals surface area contributed by atoms with Crippen LogP contribution < -0.4 is 5.73 Å². The molecular formula is C12H7Cl2N3OS. The van der Waals surface area contributed by atoms with Gasteiger partial charge in [0.15, 0.2) is 0 Å². The number of anilines is 1. The van der Waals surface area contributed by atoms with Gasteiger partial charge in [-0.15, -0.1) is 11.3 Å². The summed E-state index contributed by atoms with van der Waals surface area (Å²) in [6.45, 7) is 0. The van der Waals surface area contributed by atoms with E-state index in [1.165, 1.54) is 11.3 Å². The second kappa shape index (κ2) is 4.85. The molecule has 0 saturated carbocycles. The van der Waals surface area contributed by atoms with E-state index in [4.69, 9.17) is 33.5 Å².